The highest BCUT2D eigenvalue weighted by molar-refractivity contribution is 5.62. The highest BCUT2D eigenvalue weighted by Crippen LogP contribution is 2.20. The Morgan fingerprint density at radius 2 is 1.17 bits per heavy atom. The zero-order valence-corrected chi connectivity index (χ0v) is 20.7. The molecule has 0 bridgehead atoms. The molecule has 0 aliphatic rings. The van der Waals surface area contributed by atoms with E-state index < -0.39 is 37.1 Å². The summed E-state index contributed by atoms with van der Waals surface area (Å²) < 4.78 is 0. The predicted octanol–water partition coefficient (Wildman–Crippen LogP) is 2.88. The molecule has 6 N–H and O–H groups in total. The summed E-state index contributed by atoms with van der Waals surface area (Å²) in [5.41, 5.74) is 5.14. The fourth-order valence-corrected chi connectivity index (χ4v) is 3.87. The third-order valence-corrected chi connectivity index (χ3v) is 6.00. The van der Waals surface area contributed by atoms with E-state index in [4.69, 9.17) is 5.11 Å². The number of hydrogen-bond donors (Lipinski definition) is 6. The van der Waals surface area contributed by atoms with E-state index in [1.165, 1.54) is 11.1 Å². The van der Waals surface area contributed by atoms with Crippen molar-refractivity contribution < 1.29 is 30.6 Å². The molecule has 35 heavy (non-hydrogen) atoms. The van der Waals surface area contributed by atoms with Gasteiger partial charge in [-0.15, -0.1) is 0 Å². The third-order valence-electron chi connectivity index (χ3n) is 6.00. The van der Waals surface area contributed by atoms with Crippen LogP contribution in [0.3, 0.4) is 0 Å². The van der Waals surface area contributed by atoms with Crippen LogP contribution in [0, 0.1) is 0 Å². The van der Waals surface area contributed by atoms with Crippen molar-refractivity contribution in [3.8, 4) is 0 Å². The van der Waals surface area contributed by atoms with Crippen LogP contribution in [-0.4, -0.2) is 67.8 Å². The molecule has 0 aromatic heterocycles. The zero-order chi connectivity index (χ0) is 25.8. The first kappa shape index (κ1) is 28.9. The number of allylic oxidation sites excluding steroid dienone is 1. The first-order valence-corrected chi connectivity index (χ1v) is 12.4. The fraction of sp³-hybridized carbons (Fsp3) is 0.448. The van der Waals surface area contributed by atoms with E-state index in [9.17, 15) is 25.5 Å². The van der Waals surface area contributed by atoms with Gasteiger partial charge in [-0.25, -0.2) is 0 Å². The average Bonchev–Trinajstić information content (AvgIpc) is 2.87. The molecule has 6 nitrogen and oxygen atoms in total. The summed E-state index contributed by atoms with van der Waals surface area (Å²) in [6.07, 6.45) is 1.47. The molecular weight excluding hydrogens is 444 g/mol. The average molecular weight is 485 g/mol. The summed E-state index contributed by atoms with van der Waals surface area (Å²) >= 11 is 0. The normalized spacial score (nSPS) is 16.7. The van der Waals surface area contributed by atoms with Crippen molar-refractivity contribution in [2.45, 2.75) is 76.5 Å². The summed E-state index contributed by atoms with van der Waals surface area (Å²) in [5, 5.41) is 59.6. The highest BCUT2D eigenvalue weighted by atomic mass is 16.4. The Morgan fingerprint density at radius 1 is 0.686 bits per heavy atom. The van der Waals surface area contributed by atoms with Gasteiger partial charge in [-0.3, -0.25) is 0 Å². The van der Waals surface area contributed by atoms with Crippen LogP contribution in [0.25, 0.3) is 12.2 Å². The molecule has 0 spiro atoms. The Balaban J connectivity index is 2.24. The van der Waals surface area contributed by atoms with E-state index in [0.717, 1.165) is 36.8 Å². The van der Waals surface area contributed by atoms with Gasteiger partial charge in [-0.1, -0.05) is 93.4 Å². The van der Waals surface area contributed by atoms with Crippen LogP contribution in [-0.2, 0) is 12.8 Å². The number of aliphatic hydroxyl groups is 6. The Hall–Kier alpha value is -2.32. The van der Waals surface area contributed by atoms with Crippen molar-refractivity contribution in [3.05, 3.63) is 82.4 Å². The second kappa shape index (κ2) is 14.9. The van der Waals surface area contributed by atoms with Crippen LogP contribution in [0.2, 0.25) is 0 Å². The molecule has 0 radical (unpaired) electrons. The molecule has 0 fully saturated rings. The summed E-state index contributed by atoms with van der Waals surface area (Å²) in [7, 11) is 0. The molecule has 2 aromatic carbocycles. The van der Waals surface area contributed by atoms with E-state index in [0.29, 0.717) is 5.57 Å². The standard InChI is InChI=1S/C29H40O6/c1-3-5-20-7-9-22(10-8-20)13-16-24(17-23-14-11-21(6-4-2)12-15-23)18-25(31)27(33)29(35)28(34)26(32)19-30/h7-17,25-35H,3-6,18-19H2,1-2H3/t25?,26-,27+,28-,29-/m1/s1. The van der Waals surface area contributed by atoms with Crippen LogP contribution in [0.5, 0.6) is 0 Å². The lowest BCUT2D eigenvalue weighted by Crippen LogP contribution is -2.50. The second-order valence-electron chi connectivity index (χ2n) is 9.03. The number of benzene rings is 2. The topological polar surface area (TPSA) is 121 Å². The molecule has 192 valence electrons. The van der Waals surface area contributed by atoms with E-state index in [1.54, 1.807) is 0 Å². The Morgan fingerprint density at radius 3 is 1.66 bits per heavy atom. The summed E-state index contributed by atoms with van der Waals surface area (Å²) in [5.74, 6) is 0. The van der Waals surface area contributed by atoms with Crippen molar-refractivity contribution >= 4 is 12.2 Å². The molecule has 6 heteroatoms. The zero-order valence-electron chi connectivity index (χ0n) is 20.7. The van der Waals surface area contributed by atoms with Crippen molar-refractivity contribution in [1.29, 1.82) is 0 Å². The fourth-order valence-electron chi connectivity index (χ4n) is 3.87. The van der Waals surface area contributed by atoms with Gasteiger partial charge >= 0.3 is 0 Å². The first-order chi connectivity index (χ1) is 16.8. The summed E-state index contributed by atoms with van der Waals surface area (Å²) in [6, 6.07) is 16.3. The number of hydrogen-bond acceptors (Lipinski definition) is 6. The van der Waals surface area contributed by atoms with E-state index in [2.05, 4.69) is 38.1 Å². The van der Waals surface area contributed by atoms with Crippen molar-refractivity contribution in [1.82, 2.24) is 0 Å². The lowest BCUT2D eigenvalue weighted by atomic mass is 9.94. The molecule has 0 aliphatic heterocycles. The van der Waals surface area contributed by atoms with Crippen LogP contribution < -0.4 is 0 Å². The van der Waals surface area contributed by atoms with Gasteiger partial charge in [0.25, 0.3) is 0 Å². The molecular formula is C29H40O6. The van der Waals surface area contributed by atoms with E-state index >= 15 is 0 Å². The van der Waals surface area contributed by atoms with Crippen LogP contribution in [0.15, 0.2) is 60.2 Å². The predicted molar refractivity (Wildman–Crippen MR) is 140 cm³/mol. The maximum atomic E-state index is 10.6. The Labute approximate surface area is 208 Å². The second-order valence-corrected chi connectivity index (χ2v) is 9.03. The quantitative estimate of drug-likeness (QED) is 0.229. The molecule has 5 atom stereocenters. The molecule has 0 saturated heterocycles. The van der Waals surface area contributed by atoms with Crippen molar-refractivity contribution in [3.63, 3.8) is 0 Å². The maximum absolute atomic E-state index is 10.6. The van der Waals surface area contributed by atoms with Gasteiger partial charge in [-0.05, 0) is 40.7 Å². The van der Waals surface area contributed by atoms with Crippen LogP contribution in [0.1, 0.15) is 55.4 Å². The molecule has 0 aliphatic carbocycles. The number of rotatable bonds is 14. The largest absolute Gasteiger partial charge is 0.394 e. The van der Waals surface area contributed by atoms with Crippen molar-refractivity contribution in [2.24, 2.45) is 0 Å². The minimum absolute atomic E-state index is 0.00129. The molecule has 0 saturated carbocycles. The van der Waals surface area contributed by atoms with Crippen molar-refractivity contribution in [2.75, 3.05) is 6.61 Å². The molecule has 0 heterocycles. The minimum atomic E-state index is -1.82. The molecule has 2 rings (SSSR count). The van der Waals surface area contributed by atoms with Gasteiger partial charge in [0.15, 0.2) is 0 Å². The maximum Gasteiger partial charge on any atom is 0.111 e. The monoisotopic (exact) mass is 484 g/mol. The molecule has 2 aromatic rings. The van der Waals surface area contributed by atoms with Gasteiger partial charge in [0, 0.05) is 6.42 Å². The summed E-state index contributed by atoms with van der Waals surface area (Å²) in [4.78, 5) is 0. The lowest BCUT2D eigenvalue weighted by molar-refractivity contribution is -0.139. The van der Waals surface area contributed by atoms with Gasteiger partial charge in [0.05, 0.1) is 12.7 Å². The van der Waals surface area contributed by atoms with Gasteiger partial charge in [0.2, 0.25) is 0 Å². The minimum Gasteiger partial charge on any atom is -0.394 e. The Kier molecular flexibility index (Phi) is 12.3. The van der Waals surface area contributed by atoms with E-state index in [1.807, 2.05) is 42.5 Å². The Bertz CT molecular complexity index is 919. The first-order valence-electron chi connectivity index (χ1n) is 12.4. The summed E-state index contributed by atoms with van der Waals surface area (Å²) in [6.45, 7) is 3.49. The third kappa shape index (κ3) is 9.33. The van der Waals surface area contributed by atoms with E-state index in [-0.39, 0.29) is 6.42 Å². The van der Waals surface area contributed by atoms with Crippen LogP contribution >= 0.6 is 0 Å². The molecule has 1 unspecified atom stereocenters. The van der Waals surface area contributed by atoms with Gasteiger partial charge < -0.3 is 30.6 Å². The highest BCUT2D eigenvalue weighted by Gasteiger charge is 2.34. The van der Waals surface area contributed by atoms with Gasteiger partial charge in [-0.2, -0.15) is 0 Å². The van der Waals surface area contributed by atoms with Gasteiger partial charge in [0.1, 0.15) is 24.4 Å². The van der Waals surface area contributed by atoms with Crippen LogP contribution in [0.4, 0.5) is 0 Å². The number of aryl methyl sites for hydroxylation is 2. The SMILES string of the molecule is CCCc1ccc(C=CC(=Cc2ccc(CCC)cc2)CC(O)[C@H](O)[C@@H](O)[C@H](O)[C@H](O)CO)cc1. The smallest absolute Gasteiger partial charge is 0.111 e. The molecule has 0 amide bonds. The number of aliphatic hydroxyl groups excluding tert-OH is 6. The lowest BCUT2D eigenvalue weighted by Gasteiger charge is -2.28.